The minimum Gasteiger partial charge on any atom is -0.334 e. The molecule has 1 amide bonds. The van der Waals surface area contributed by atoms with Gasteiger partial charge in [-0.1, -0.05) is 12.1 Å². The van der Waals surface area contributed by atoms with Crippen molar-refractivity contribution in [3.63, 3.8) is 0 Å². The molecular formula is C14H12FN3O. The second-order valence-corrected chi connectivity index (χ2v) is 4.45. The molecule has 0 spiro atoms. The van der Waals surface area contributed by atoms with Gasteiger partial charge in [-0.15, -0.1) is 0 Å². The maximum atomic E-state index is 13.6. The van der Waals surface area contributed by atoms with Crippen LogP contribution in [0, 0.1) is 5.82 Å². The molecule has 0 radical (unpaired) electrons. The maximum absolute atomic E-state index is 13.6. The fourth-order valence-corrected chi connectivity index (χ4v) is 2.24. The van der Waals surface area contributed by atoms with E-state index in [1.807, 2.05) is 0 Å². The van der Waals surface area contributed by atoms with Crippen molar-refractivity contribution in [1.82, 2.24) is 14.9 Å². The van der Waals surface area contributed by atoms with Gasteiger partial charge in [0.15, 0.2) is 0 Å². The highest BCUT2D eigenvalue weighted by molar-refractivity contribution is 5.94. The molecule has 0 fully saturated rings. The van der Waals surface area contributed by atoms with Crippen LogP contribution in [0.3, 0.4) is 0 Å². The lowest BCUT2D eigenvalue weighted by atomic mass is 10.1. The highest BCUT2D eigenvalue weighted by Gasteiger charge is 2.24. The zero-order valence-electron chi connectivity index (χ0n) is 10.2. The van der Waals surface area contributed by atoms with Crippen molar-refractivity contribution in [2.45, 2.75) is 13.0 Å². The molecule has 0 saturated heterocycles. The normalized spacial score (nSPS) is 14.1. The summed E-state index contributed by atoms with van der Waals surface area (Å²) in [4.78, 5) is 22.0. The summed E-state index contributed by atoms with van der Waals surface area (Å²) in [5.74, 6) is -0.768. The molecule has 0 atom stereocenters. The summed E-state index contributed by atoms with van der Waals surface area (Å²) in [6.45, 7) is 0.987. The average molecular weight is 257 g/mol. The molecule has 0 aliphatic carbocycles. The Kier molecular flexibility index (Phi) is 2.95. The molecule has 0 N–H and O–H groups in total. The number of carbonyl (C=O) groups is 1. The lowest BCUT2D eigenvalue weighted by Gasteiger charge is -2.27. The topological polar surface area (TPSA) is 46.1 Å². The van der Waals surface area contributed by atoms with Crippen molar-refractivity contribution in [2.75, 3.05) is 6.54 Å². The van der Waals surface area contributed by atoms with E-state index in [9.17, 15) is 9.18 Å². The molecule has 0 bridgehead atoms. The fourth-order valence-electron chi connectivity index (χ4n) is 2.24. The molecule has 2 heterocycles. The van der Waals surface area contributed by atoms with Gasteiger partial charge in [0, 0.05) is 31.3 Å². The van der Waals surface area contributed by atoms with Crippen molar-refractivity contribution in [3.05, 3.63) is 59.4 Å². The summed E-state index contributed by atoms with van der Waals surface area (Å²) < 4.78 is 13.6. The zero-order chi connectivity index (χ0) is 13.2. The third-order valence-electron chi connectivity index (χ3n) is 3.25. The van der Waals surface area contributed by atoms with E-state index in [0.717, 1.165) is 11.3 Å². The molecule has 4 nitrogen and oxygen atoms in total. The van der Waals surface area contributed by atoms with E-state index in [1.54, 1.807) is 23.2 Å². The monoisotopic (exact) mass is 257 g/mol. The summed E-state index contributed by atoms with van der Waals surface area (Å²) >= 11 is 0. The fraction of sp³-hybridized carbons (Fsp3) is 0.214. The van der Waals surface area contributed by atoms with Gasteiger partial charge < -0.3 is 4.90 Å². The Morgan fingerprint density at radius 3 is 3.00 bits per heavy atom. The standard InChI is InChI=1S/C14H12FN3O/c15-12-4-2-1-3-11(12)14(19)18-6-5-13-10(8-18)7-16-9-17-13/h1-4,7,9H,5-6,8H2. The Balaban J connectivity index is 1.86. The lowest BCUT2D eigenvalue weighted by Crippen LogP contribution is -2.36. The van der Waals surface area contributed by atoms with Crippen molar-refractivity contribution in [3.8, 4) is 0 Å². The SMILES string of the molecule is O=C(c1ccccc1F)N1CCc2ncncc2C1. The van der Waals surface area contributed by atoms with Gasteiger partial charge in [-0.2, -0.15) is 0 Å². The molecule has 1 aliphatic rings. The van der Waals surface area contributed by atoms with Crippen molar-refractivity contribution >= 4 is 5.91 Å². The van der Waals surface area contributed by atoms with E-state index >= 15 is 0 Å². The van der Waals surface area contributed by atoms with Crippen LogP contribution in [0.2, 0.25) is 0 Å². The van der Waals surface area contributed by atoms with Gasteiger partial charge >= 0.3 is 0 Å². The van der Waals surface area contributed by atoms with Crippen LogP contribution >= 0.6 is 0 Å². The van der Waals surface area contributed by atoms with Crippen molar-refractivity contribution in [1.29, 1.82) is 0 Å². The zero-order valence-corrected chi connectivity index (χ0v) is 10.2. The number of fused-ring (bicyclic) bond motifs is 1. The van der Waals surface area contributed by atoms with Gasteiger partial charge in [-0.3, -0.25) is 4.79 Å². The number of amides is 1. The number of aromatic nitrogens is 2. The number of halogens is 1. The van der Waals surface area contributed by atoms with Gasteiger partial charge in [0.25, 0.3) is 5.91 Å². The van der Waals surface area contributed by atoms with E-state index < -0.39 is 5.82 Å². The molecule has 5 heteroatoms. The van der Waals surface area contributed by atoms with Gasteiger partial charge in [-0.05, 0) is 12.1 Å². The van der Waals surface area contributed by atoms with E-state index in [2.05, 4.69) is 9.97 Å². The molecule has 1 aromatic heterocycles. The Morgan fingerprint density at radius 2 is 2.16 bits per heavy atom. The van der Waals surface area contributed by atoms with E-state index in [-0.39, 0.29) is 11.5 Å². The van der Waals surface area contributed by atoms with Gasteiger partial charge in [0.1, 0.15) is 12.1 Å². The predicted octanol–water partition coefficient (Wildman–Crippen LogP) is 1.81. The van der Waals surface area contributed by atoms with Crippen LogP contribution in [0.1, 0.15) is 21.6 Å². The van der Waals surface area contributed by atoms with Crippen LogP contribution in [0.4, 0.5) is 4.39 Å². The number of benzene rings is 1. The largest absolute Gasteiger partial charge is 0.334 e. The first-order valence-electron chi connectivity index (χ1n) is 6.07. The van der Waals surface area contributed by atoms with Crippen LogP contribution < -0.4 is 0 Å². The summed E-state index contributed by atoms with van der Waals surface area (Å²) in [6, 6.07) is 6.05. The number of hydrogen-bond donors (Lipinski definition) is 0. The Bertz CT molecular complexity index is 630. The molecule has 2 aromatic rings. The number of rotatable bonds is 1. The van der Waals surface area contributed by atoms with Crippen LogP contribution in [-0.4, -0.2) is 27.3 Å². The van der Waals surface area contributed by atoms with Crippen molar-refractivity contribution < 1.29 is 9.18 Å². The third kappa shape index (κ3) is 2.19. The number of hydrogen-bond acceptors (Lipinski definition) is 3. The van der Waals surface area contributed by atoms with Crippen LogP contribution in [0.15, 0.2) is 36.8 Å². The summed E-state index contributed by atoms with van der Waals surface area (Å²) in [7, 11) is 0. The van der Waals surface area contributed by atoms with Crippen LogP contribution in [-0.2, 0) is 13.0 Å². The number of nitrogens with zero attached hydrogens (tertiary/aromatic N) is 3. The summed E-state index contributed by atoms with van der Waals surface area (Å²) in [5.41, 5.74) is 2.01. The predicted molar refractivity (Wildman–Crippen MR) is 66.9 cm³/mol. The smallest absolute Gasteiger partial charge is 0.257 e. The Labute approximate surface area is 109 Å². The van der Waals surface area contributed by atoms with Gasteiger partial charge in [0.05, 0.1) is 11.3 Å². The van der Waals surface area contributed by atoms with Gasteiger partial charge in [-0.25, -0.2) is 14.4 Å². The number of carbonyl (C=O) groups excluding carboxylic acids is 1. The van der Waals surface area contributed by atoms with E-state index in [0.29, 0.717) is 19.5 Å². The van der Waals surface area contributed by atoms with Gasteiger partial charge in [0.2, 0.25) is 0 Å². The highest BCUT2D eigenvalue weighted by Crippen LogP contribution is 2.18. The minimum atomic E-state index is -0.484. The average Bonchev–Trinajstić information content (AvgIpc) is 2.46. The molecule has 96 valence electrons. The highest BCUT2D eigenvalue weighted by atomic mass is 19.1. The molecular weight excluding hydrogens is 245 g/mol. The van der Waals surface area contributed by atoms with E-state index in [4.69, 9.17) is 0 Å². The minimum absolute atomic E-state index is 0.114. The molecule has 1 aromatic carbocycles. The van der Waals surface area contributed by atoms with Crippen LogP contribution in [0.25, 0.3) is 0 Å². The van der Waals surface area contributed by atoms with Crippen LogP contribution in [0.5, 0.6) is 0 Å². The molecule has 19 heavy (non-hydrogen) atoms. The molecule has 1 aliphatic heterocycles. The Morgan fingerprint density at radius 1 is 1.32 bits per heavy atom. The molecule has 3 rings (SSSR count). The maximum Gasteiger partial charge on any atom is 0.257 e. The Hall–Kier alpha value is -2.30. The molecule has 0 saturated carbocycles. The van der Waals surface area contributed by atoms with E-state index in [1.165, 1.54) is 18.5 Å². The lowest BCUT2D eigenvalue weighted by molar-refractivity contribution is 0.0728. The second-order valence-electron chi connectivity index (χ2n) is 4.45. The first-order valence-corrected chi connectivity index (χ1v) is 6.07. The summed E-state index contributed by atoms with van der Waals surface area (Å²) in [6.07, 6.45) is 3.90. The molecule has 0 unspecified atom stereocenters. The third-order valence-corrected chi connectivity index (χ3v) is 3.25. The quantitative estimate of drug-likeness (QED) is 0.782. The van der Waals surface area contributed by atoms with Crippen molar-refractivity contribution in [2.24, 2.45) is 0 Å². The first-order chi connectivity index (χ1) is 9.25. The summed E-state index contributed by atoms with van der Waals surface area (Å²) in [5, 5.41) is 0. The second kappa shape index (κ2) is 4.76. The first kappa shape index (κ1) is 11.8.